The van der Waals surface area contributed by atoms with Crippen LogP contribution in [0.4, 0.5) is 0 Å². The number of hydrogen-bond acceptors (Lipinski definition) is 6. The topological polar surface area (TPSA) is 94.1 Å². The van der Waals surface area contributed by atoms with Crippen LogP contribution in [0.15, 0.2) is 50.7 Å². The van der Waals surface area contributed by atoms with Gasteiger partial charge < -0.3 is 14.6 Å². The minimum Gasteiger partial charge on any atom is -0.382 e. The minimum atomic E-state index is -3.02. The van der Waals surface area contributed by atoms with Crippen LogP contribution in [0.3, 0.4) is 0 Å². The molecule has 1 heterocycles. The zero-order chi connectivity index (χ0) is 23.3. The summed E-state index contributed by atoms with van der Waals surface area (Å²) < 4.78 is 29.5. The molecule has 9 heteroatoms. The van der Waals surface area contributed by atoms with Crippen LogP contribution >= 0.6 is 11.3 Å². The average Bonchev–Trinajstić information content (AvgIpc) is 3.16. The summed E-state index contributed by atoms with van der Waals surface area (Å²) in [4.78, 5) is 0.649. The van der Waals surface area contributed by atoms with Gasteiger partial charge in [0.15, 0.2) is 8.24 Å². The minimum absolute atomic E-state index is 0.0585. The predicted molar refractivity (Wildman–Crippen MR) is 131 cm³/mol. The maximum absolute atomic E-state index is 13.2. The second-order valence-electron chi connectivity index (χ2n) is 9.45. The Morgan fingerprint density at radius 1 is 1.06 bits per heavy atom. The third-order valence-electron chi connectivity index (χ3n) is 5.47. The zero-order valence-electron chi connectivity index (χ0n) is 19.4. The molecule has 2 rings (SSSR count). The van der Waals surface area contributed by atoms with Gasteiger partial charge in [0, 0.05) is 4.88 Å². The number of thiophene rings is 1. The first-order chi connectivity index (χ1) is 14.2. The van der Waals surface area contributed by atoms with E-state index in [0.717, 1.165) is 5.56 Å². The second kappa shape index (κ2) is 10.2. The normalized spacial score (nSPS) is 16.5. The molecular formula is C22H36N2O4S2Si. The van der Waals surface area contributed by atoms with Crippen molar-refractivity contribution in [3.05, 3.63) is 52.9 Å². The second-order valence-corrected chi connectivity index (χ2v) is 17.7. The molecule has 174 valence electrons. The molecule has 1 aromatic heterocycles. The summed E-state index contributed by atoms with van der Waals surface area (Å²) in [5.74, 6) is 0. The van der Waals surface area contributed by atoms with Gasteiger partial charge in [-0.15, -0.1) is 11.3 Å². The van der Waals surface area contributed by atoms with Crippen LogP contribution in [0.25, 0.3) is 0 Å². The van der Waals surface area contributed by atoms with Gasteiger partial charge in [-0.1, -0.05) is 51.1 Å². The van der Waals surface area contributed by atoms with Crippen molar-refractivity contribution in [2.45, 2.75) is 62.2 Å². The van der Waals surface area contributed by atoms with Gasteiger partial charge >= 0.3 is 0 Å². The van der Waals surface area contributed by atoms with Crippen molar-refractivity contribution in [3.63, 3.8) is 0 Å². The van der Waals surface area contributed by atoms with Crippen LogP contribution in [0, 0.1) is 0 Å². The van der Waals surface area contributed by atoms with Crippen molar-refractivity contribution in [1.82, 2.24) is 0 Å². The van der Waals surface area contributed by atoms with Crippen LogP contribution < -0.4 is 5.14 Å². The standard InChI is InChI=1S/C22H36N2O4S2Si/c1-21(2,3)31(5,6)24-30(23,26)20-13-12-19(29-20)22(4,25)17-28-15-14-27-16-18-10-8-7-9-11-18/h7-13,25H,14-17H2,1-6H3,(H2,23,24,26). The molecule has 0 saturated carbocycles. The summed E-state index contributed by atoms with van der Waals surface area (Å²) in [6, 6.07) is 13.4. The van der Waals surface area contributed by atoms with E-state index in [1.165, 1.54) is 11.3 Å². The molecule has 0 saturated heterocycles. The van der Waals surface area contributed by atoms with Crippen LogP contribution in [0.1, 0.15) is 38.1 Å². The fourth-order valence-electron chi connectivity index (χ4n) is 2.51. The van der Waals surface area contributed by atoms with Crippen LogP contribution in [0.5, 0.6) is 0 Å². The zero-order valence-corrected chi connectivity index (χ0v) is 22.0. The lowest BCUT2D eigenvalue weighted by molar-refractivity contribution is -0.0508. The summed E-state index contributed by atoms with van der Waals surface area (Å²) in [5, 5.41) is 16.9. The number of benzene rings is 1. The molecule has 0 fully saturated rings. The Morgan fingerprint density at radius 2 is 1.68 bits per heavy atom. The van der Waals surface area contributed by atoms with Gasteiger partial charge in [0.2, 0.25) is 0 Å². The maximum atomic E-state index is 13.2. The van der Waals surface area contributed by atoms with Crippen molar-refractivity contribution in [3.8, 4) is 0 Å². The molecule has 0 bridgehead atoms. The van der Waals surface area contributed by atoms with Gasteiger partial charge in [0.25, 0.3) is 0 Å². The molecule has 2 aromatic rings. The first-order valence-electron chi connectivity index (χ1n) is 10.3. The van der Waals surface area contributed by atoms with Gasteiger partial charge in [-0.25, -0.2) is 9.35 Å². The maximum Gasteiger partial charge on any atom is 0.195 e. The molecular weight excluding hydrogens is 448 g/mol. The summed E-state index contributed by atoms with van der Waals surface area (Å²) >= 11 is 1.23. The molecule has 0 aliphatic rings. The molecule has 1 aromatic carbocycles. The molecule has 2 atom stereocenters. The number of ether oxygens (including phenoxy) is 2. The Morgan fingerprint density at radius 3 is 2.29 bits per heavy atom. The molecule has 0 spiro atoms. The molecule has 0 aliphatic heterocycles. The van der Waals surface area contributed by atoms with E-state index < -0.39 is 23.8 Å². The molecule has 6 nitrogen and oxygen atoms in total. The van der Waals surface area contributed by atoms with Gasteiger partial charge in [-0.3, -0.25) is 4.03 Å². The van der Waals surface area contributed by atoms with E-state index in [1.54, 1.807) is 19.1 Å². The molecule has 0 amide bonds. The lowest BCUT2D eigenvalue weighted by Gasteiger charge is -2.32. The molecule has 0 aliphatic carbocycles. The summed E-state index contributed by atoms with van der Waals surface area (Å²) in [7, 11) is -5.20. The van der Waals surface area contributed by atoms with Crippen LogP contribution in [0.2, 0.25) is 18.1 Å². The fraction of sp³-hybridized carbons (Fsp3) is 0.545. The SMILES string of the molecule is CC(O)(COCCOCc1ccccc1)c1ccc(S(N)(=O)=N[Si](C)(C)C(C)(C)C)s1. The largest absolute Gasteiger partial charge is 0.382 e. The van der Waals surface area contributed by atoms with E-state index in [4.69, 9.17) is 14.6 Å². The van der Waals surface area contributed by atoms with E-state index >= 15 is 0 Å². The van der Waals surface area contributed by atoms with E-state index in [-0.39, 0.29) is 11.6 Å². The first kappa shape index (κ1) is 26.2. The summed E-state index contributed by atoms with van der Waals surface area (Å²) in [6.45, 7) is 13.5. The molecule has 2 unspecified atom stereocenters. The highest BCUT2D eigenvalue weighted by Crippen LogP contribution is 2.39. The smallest absolute Gasteiger partial charge is 0.195 e. The average molecular weight is 485 g/mol. The number of aliphatic hydroxyl groups is 1. The summed E-state index contributed by atoms with van der Waals surface area (Å²) in [5.41, 5.74) is -0.108. The van der Waals surface area contributed by atoms with Crippen molar-refractivity contribution >= 4 is 29.5 Å². The van der Waals surface area contributed by atoms with Crippen molar-refractivity contribution in [1.29, 1.82) is 0 Å². The Hall–Kier alpha value is -1.07. The lowest BCUT2D eigenvalue weighted by Crippen LogP contribution is -2.37. The third kappa shape index (κ3) is 7.49. The Kier molecular flexibility index (Phi) is 8.65. The van der Waals surface area contributed by atoms with E-state index in [2.05, 4.69) is 37.9 Å². The van der Waals surface area contributed by atoms with Gasteiger partial charge in [-0.05, 0) is 42.8 Å². The number of nitrogens with zero attached hydrogens (tertiary/aromatic N) is 1. The van der Waals surface area contributed by atoms with E-state index in [9.17, 15) is 9.32 Å². The van der Waals surface area contributed by atoms with E-state index in [0.29, 0.717) is 28.9 Å². The lowest BCUT2D eigenvalue weighted by atomic mass is 10.1. The predicted octanol–water partition coefficient (Wildman–Crippen LogP) is 4.89. The Balaban J connectivity index is 1.93. The molecule has 3 N–H and O–H groups in total. The third-order valence-corrected chi connectivity index (χ3v) is 14.9. The van der Waals surface area contributed by atoms with Crippen molar-refractivity contribution < 1.29 is 18.8 Å². The first-order valence-corrected chi connectivity index (χ1v) is 15.7. The highest BCUT2D eigenvalue weighted by atomic mass is 32.2. The quantitative estimate of drug-likeness (QED) is 0.371. The Labute approximate surface area is 192 Å². The van der Waals surface area contributed by atoms with Gasteiger partial charge in [-0.2, -0.15) is 0 Å². The monoisotopic (exact) mass is 484 g/mol. The van der Waals surface area contributed by atoms with Crippen LogP contribution in [-0.2, 0) is 31.6 Å². The highest BCUT2D eigenvalue weighted by molar-refractivity contribution is 7.94. The summed E-state index contributed by atoms with van der Waals surface area (Å²) in [6.07, 6.45) is 0. The Bertz CT molecular complexity index is 959. The van der Waals surface area contributed by atoms with Crippen molar-refractivity contribution in [2.24, 2.45) is 9.17 Å². The fourth-order valence-corrected chi connectivity index (χ4v) is 8.79. The number of hydrogen-bond donors (Lipinski definition) is 2. The molecule has 0 radical (unpaired) electrons. The highest BCUT2D eigenvalue weighted by Gasteiger charge is 2.37. The molecule has 31 heavy (non-hydrogen) atoms. The number of nitrogens with two attached hydrogens (primary N) is 1. The van der Waals surface area contributed by atoms with Crippen molar-refractivity contribution in [2.75, 3.05) is 19.8 Å². The van der Waals surface area contributed by atoms with Gasteiger partial charge in [0.05, 0.1) is 26.4 Å². The number of rotatable bonds is 10. The van der Waals surface area contributed by atoms with Gasteiger partial charge in [0.1, 0.15) is 19.7 Å². The van der Waals surface area contributed by atoms with Crippen LogP contribution in [-0.4, -0.2) is 37.4 Å². The van der Waals surface area contributed by atoms with E-state index in [1.807, 2.05) is 30.3 Å².